The summed E-state index contributed by atoms with van der Waals surface area (Å²) >= 11 is 0. The first-order chi connectivity index (χ1) is 7.65. The fourth-order valence-corrected chi connectivity index (χ4v) is 3.64. The SMILES string of the molecule is C[C@@H]1CC(CC2CCC(N)CC2)CCC1N. The predicted molar refractivity (Wildman–Crippen MR) is 69.0 cm³/mol. The van der Waals surface area contributed by atoms with E-state index in [0.717, 1.165) is 17.8 Å². The van der Waals surface area contributed by atoms with Crippen LogP contribution in [0.3, 0.4) is 0 Å². The van der Waals surface area contributed by atoms with Crippen LogP contribution in [0.15, 0.2) is 0 Å². The van der Waals surface area contributed by atoms with E-state index < -0.39 is 0 Å². The number of rotatable bonds is 2. The van der Waals surface area contributed by atoms with Gasteiger partial charge in [0.15, 0.2) is 0 Å². The van der Waals surface area contributed by atoms with Gasteiger partial charge in [0.1, 0.15) is 0 Å². The Labute approximate surface area is 100 Å². The molecule has 2 saturated carbocycles. The van der Waals surface area contributed by atoms with Crippen LogP contribution >= 0.6 is 0 Å². The van der Waals surface area contributed by atoms with Crippen LogP contribution in [-0.4, -0.2) is 12.1 Å². The fraction of sp³-hybridized carbons (Fsp3) is 1.00. The molecule has 2 unspecified atom stereocenters. The van der Waals surface area contributed by atoms with E-state index in [1.165, 1.54) is 51.4 Å². The first-order valence-electron chi connectivity index (χ1n) is 7.16. The van der Waals surface area contributed by atoms with Gasteiger partial charge in [-0.25, -0.2) is 0 Å². The van der Waals surface area contributed by atoms with Crippen LogP contribution in [0.1, 0.15) is 58.3 Å². The molecule has 0 radical (unpaired) electrons. The van der Waals surface area contributed by atoms with Gasteiger partial charge < -0.3 is 11.5 Å². The van der Waals surface area contributed by atoms with Crippen molar-refractivity contribution in [1.82, 2.24) is 0 Å². The molecule has 16 heavy (non-hydrogen) atoms. The Morgan fingerprint density at radius 3 is 2.12 bits per heavy atom. The van der Waals surface area contributed by atoms with Gasteiger partial charge in [-0.3, -0.25) is 0 Å². The van der Waals surface area contributed by atoms with Crippen molar-refractivity contribution in [3.8, 4) is 0 Å². The molecule has 3 atom stereocenters. The van der Waals surface area contributed by atoms with Crippen molar-refractivity contribution >= 4 is 0 Å². The van der Waals surface area contributed by atoms with Crippen LogP contribution in [0, 0.1) is 17.8 Å². The third-order valence-corrected chi connectivity index (χ3v) is 4.90. The van der Waals surface area contributed by atoms with E-state index in [1.807, 2.05) is 0 Å². The Hall–Kier alpha value is -0.0800. The minimum absolute atomic E-state index is 0.469. The van der Waals surface area contributed by atoms with Crippen molar-refractivity contribution in [2.75, 3.05) is 0 Å². The molecule has 0 saturated heterocycles. The second-order valence-corrected chi connectivity index (χ2v) is 6.34. The predicted octanol–water partition coefficient (Wildman–Crippen LogP) is 2.66. The van der Waals surface area contributed by atoms with E-state index in [9.17, 15) is 0 Å². The molecule has 0 aromatic heterocycles. The van der Waals surface area contributed by atoms with E-state index in [0.29, 0.717) is 12.1 Å². The van der Waals surface area contributed by atoms with Crippen molar-refractivity contribution in [1.29, 1.82) is 0 Å². The molecule has 0 aromatic carbocycles. The molecule has 2 heteroatoms. The van der Waals surface area contributed by atoms with Crippen molar-refractivity contribution < 1.29 is 0 Å². The summed E-state index contributed by atoms with van der Waals surface area (Å²) in [5.74, 6) is 2.66. The molecule has 2 aliphatic carbocycles. The van der Waals surface area contributed by atoms with Gasteiger partial charge in [0.25, 0.3) is 0 Å². The van der Waals surface area contributed by atoms with Gasteiger partial charge in [-0.15, -0.1) is 0 Å². The van der Waals surface area contributed by atoms with Crippen molar-refractivity contribution in [3.05, 3.63) is 0 Å². The average Bonchev–Trinajstić information content (AvgIpc) is 2.27. The molecule has 0 spiro atoms. The summed E-state index contributed by atoms with van der Waals surface area (Å²) in [6.45, 7) is 2.33. The molecule has 4 N–H and O–H groups in total. The third kappa shape index (κ3) is 3.21. The molecule has 2 fully saturated rings. The molecule has 0 amide bonds. The van der Waals surface area contributed by atoms with Crippen LogP contribution < -0.4 is 11.5 Å². The highest BCUT2D eigenvalue weighted by Crippen LogP contribution is 2.36. The number of nitrogens with two attached hydrogens (primary N) is 2. The Morgan fingerprint density at radius 1 is 0.875 bits per heavy atom. The summed E-state index contributed by atoms with van der Waals surface area (Å²) in [4.78, 5) is 0. The van der Waals surface area contributed by atoms with Gasteiger partial charge in [0.05, 0.1) is 0 Å². The molecule has 0 bridgehead atoms. The maximum atomic E-state index is 6.08. The summed E-state index contributed by atoms with van der Waals surface area (Å²) < 4.78 is 0. The molecule has 2 rings (SSSR count). The molecular formula is C14H28N2. The normalized spacial score (nSPS) is 45.6. The molecule has 94 valence electrons. The lowest BCUT2D eigenvalue weighted by molar-refractivity contribution is 0.190. The van der Waals surface area contributed by atoms with Crippen molar-refractivity contribution in [2.24, 2.45) is 29.2 Å². The van der Waals surface area contributed by atoms with Gasteiger partial charge in [0.2, 0.25) is 0 Å². The van der Waals surface area contributed by atoms with Crippen molar-refractivity contribution in [3.63, 3.8) is 0 Å². The average molecular weight is 224 g/mol. The monoisotopic (exact) mass is 224 g/mol. The molecular weight excluding hydrogens is 196 g/mol. The van der Waals surface area contributed by atoms with Crippen LogP contribution in [0.5, 0.6) is 0 Å². The van der Waals surface area contributed by atoms with Crippen LogP contribution in [0.2, 0.25) is 0 Å². The highest BCUT2D eigenvalue weighted by atomic mass is 14.7. The minimum atomic E-state index is 0.469. The van der Waals surface area contributed by atoms with E-state index in [-0.39, 0.29) is 0 Å². The first-order valence-corrected chi connectivity index (χ1v) is 7.16. The third-order valence-electron chi connectivity index (χ3n) is 4.90. The summed E-state index contributed by atoms with van der Waals surface area (Å²) in [6, 6.07) is 0.964. The summed E-state index contributed by atoms with van der Waals surface area (Å²) in [5, 5.41) is 0. The fourth-order valence-electron chi connectivity index (χ4n) is 3.64. The Bertz CT molecular complexity index is 209. The van der Waals surface area contributed by atoms with Crippen LogP contribution in [0.4, 0.5) is 0 Å². The lowest BCUT2D eigenvalue weighted by Gasteiger charge is -2.35. The van der Waals surface area contributed by atoms with Gasteiger partial charge in [-0.1, -0.05) is 6.92 Å². The molecule has 0 aliphatic heterocycles. The largest absolute Gasteiger partial charge is 0.328 e. The van der Waals surface area contributed by atoms with Crippen LogP contribution in [0.25, 0.3) is 0 Å². The maximum Gasteiger partial charge on any atom is 0.00647 e. The quantitative estimate of drug-likeness (QED) is 0.757. The first kappa shape index (κ1) is 12.4. The van der Waals surface area contributed by atoms with Crippen molar-refractivity contribution in [2.45, 2.75) is 70.4 Å². The van der Waals surface area contributed by atoms with Gasteiger partial charge in [0, 0.05) is 12.1 Å². The Morgan fingerprint density at radius 2 is 1.50 bits per heavy atom. The zero-order chi connectivity index (χ0) is 11.5. The Kier molecular flexibility index (Phi) is 4.26. The van der Waals surface area contributed by atoms with E-state index in [2.05, 4.69) is 6.92 Å². The minimum Gasteiger partial charge on any atom is -0.328 e. The second-order valence-electron chi connectivity index (χ2n) is 6.34. The van der Waals surface area contributed by atoms with Gasteiger partial charge in [-0.2, -0.15) is 0 Å². The number of hydrogen-bond acceptors (Lipinski definition) is 2. The summed E-state index contributed by atoms with van der Waals surface area (Å²) in [7, 11) is 0. The van der Waals surface area contributed by atoms with E-state index in [1.54, 1.807) is 0 Å². The molecule has 2 nitrogen and oxygen atoms in total. The maximum absolute atomic E-state index is 6.08. The van der Waals surface area contributed by atoms with Gasteiger partial charge in [-0.05, 0) is 69.1 Å². The van der Waals surface area contributed by atoms with E-state index in [4.69, 9.17) is 11.5 Å². The Balaban J connectivity index is 1.73. The number of hydrogen-bond donors (Lipinski definition) is 2. The molecule has 0 heterocycles. The van der Waals surface area contributed by atoms with E-state index >= 15 is 0 Å². The smallest absolute Gasteiger partial charge is 0.00647 e. The zero-order valence-electron chi connectivity index (χ0n) is 10.7. The lowest BCUT2D eigenvalue weighted by Crippen LogP contribution is -2.35. The summed E-state index contributed by atoms with van der Waals surface area (Å²) in [5.41, 5.74) is 12.0. The topological polar surface area (TPSA) is 52.0 Å². The summed E-state index contributed by atoms with van der Waals surface area (Å²) in [6.07, 6.45) is 10.7. The second kappa shape index (κ2) is 5.50. The lowest BCUT2D eigenvalue weighted by atomic mass is 9.73. The van der Waals surface area contributed by atoms with Crippen LogP contribution in [-0.2, 0) is 0 Å². The zero-order valence-corrected chi connectivity index (χ0v) is 10.7. The molecule has 0 aromatic rings. The highest BCUT2D eigenvalue weighted by Gasteiger charge is 2.28. The standard InChI is InChI=1S/C14H28N2/c1-10-8-12(4-7-14(10)16)9-11-2-5-13(15)6-3-11/h10-14H,2-9,15-16H2,1H3/t10-,11?,12?,13?,14?/m1/s1. The molecule has 2 aliphatic rings. The van der Waals surface area contributed by atoms with Gasteiger partial charge >= 0.3 is 0 Å². The highest BCUT2D eigenvalue weighted by molar-refractivity contribution is 4.83.